The average molecular weight is 248 g/mol. The lowest BCUT2D eigenvalue weighted by atomic mass is 10.5. The van der Waals surface area contributed by atoms with Crippen molar-refractivity contribution in [3.05, 3.63) is 16.4 Å². The molecule has 0 spiro atoms. The van der Waals surface area contributed by atoms with Crippen molar-refractivity contribution in [2.24, 2.45) is 0 Å². The van der Waals surface area contributed by atoms with Gasteiger partial charge >= 0.3 is 13.3 Å². The van der Waals surface area contributed by atoms with Gasteiger partial charge in [-0.2, -0.15) is 0 Å². The Bertz CT molecular complexity index is 456. The van der Waals surface area contributed by atoms with Gasteiger partial charge in [0.2, 0.25) is 11.3 Å². The highest BCUT2D eigenvalue weighted by molar-refractivity contribution is 7.62. The number of aromatic nitrogens is 2. The first-order chi connectivity index (χ1) is 7.46. The molecule has 0 fully saturated rings. The number of hydrogen-bond acceptors (Lipinski definition) is 8. The van der Waals surface area contributed by atoms with E-state index < -0.39 is 29.5 Å². The second-order valence-electron chi connectivity index (χ2n) is 2.55. The molecule has 10 heteroatoms. The lowest BCUT2D eigenvalue weighted by Crippen LogP contribution is -2.19. The lowest BCUT2D eigenvalue weighted by Gasteiger charge is -2.12. The zero-order valence-corrected chi connectivity index (χ0v) is 9.38. The van der Waals surface area contributed by atoms with E-state index in [9.17, 15) is 14.7 Å². The second kappa shape index (κ2) is 4.52. The summed E-state index contributed by atoms with van der Waals surface area (Å²) in [5, 5.41) is 10.7. The minimum atomic E-state index is -3.82. The quantitative estimate of drug-likeness (QED) is 0.450. The number of anilines is 1. The highest BCUT2D eigenvalue weighted by Crippen LogP contribution is 2.47. The van der Waals surface area contributed by atoms with Crippen LogP contribution in [0.5, 0.6) is 0 Å². The van der Waals surface area contributed by atoms with Crippen LogP contribution < -0.4 is 11.2 Å². The molecule has 2 N–H and O–H groups in total. The number of nitrogens with two attached hydrogens (primary N) is 1. The molecule has 0 unspecified atom stereocenters. The van der Waals surface area contributed by atoms with Gasteiger partial charge in [-0.3, -0.25) is 14.7 Å². The molecule has 0 saturated carbocycles. The van der Waals surface area contributed by atoms with E-state index in [2.05, 4.69) is 19.0 Å². The Hall–Kier alpha value is -1.57. The number of nitro groups is 1. The fourth-order valence-electron chi connectivity index (χ4n) is 1.01. The predicted octanol–water partition coefficient (Wildman–Crippen LogP) is 0.0782. The van der Waals surface area contributed by atoms with E-state index in [1.165, 1.54) is 0 Å². The monoisotopic (exact) mass is 248 g/mol. The maximum atomic E-state index is 11.9. The fraction of sp³-hybridized carbons (Fsp3) is 0.333. The van der Waals surface area contributed by atoms with Gasteiger partial charge in [-0.25, -0.2) is 9.97 Å². The van der Waals surface area contributed by atoms with Gasteiger partial charge in [0.1, 0.15) is 6.33 Å². The Labute approximate surface area is 90.3 Å². The molecule has 0 radical (unpaired) electrons. The summed E-state index contributed by atoms with van der Waals surface area (Å²) in [6, 6.07) is 0. The van der Waals surface area contributed by atoms with Crippen LogP contribution in [-0.4, -0.2) is 29.1 Å². The molecule has 16 heavy (non-hydrogen) atoms. The van der Waals surface area contributed by atoms with Crippen LogP contribution >= 0.6 is 7.60 Å². The summed E-state index contributed by atoms with van der Waals surface area (Å²) >= 11 is 0. The number of rotatable bonds is 4. The summed E-state index contributed by atoms with van der Waals surface area (Å²) in [4.78, 5) is 16.9. The lowest BCUT2D eigenvalue weighted by molar-refractivity contribution is -0.383. The zero-order chi connectivity index (χ0) is 12.3. The third-order valence-electron chi connectivity index (χ3n) is 1.75. The second-order valence-corrected chi connectivity index (χ2v) is 4.70. The largest absolute Gasteiger partial charge is 0.386 e. The van der Waals surface area contributed by atoms with Gasteiger partial charge < -0.3 is 14.8 Å². The molecule has 1 rings (SSSR count). The average Bonchev–Trinajstić information content (AvgIpc) is 2.27. The summed E-state index contributed by atoms with van der Waals surface area (Å²) in [7, 11) is -1.65. The first kappa shape index (κ1) is 12.5. The van der Waals surface area contributed by atoms with Crippen LogP contribution in [0.2, 0.25) is 0 Å². The Kier molecular flexibility index (Phi) is 3.53. The van der Waals surface area contributed by atoms with E-state index in [4.69, 9.17) is 5.73 Å². The zero-order valence-electron chi connectivity index (χ0n) is 8.48. The van der Waals surface area contributed by atoms with Crippen molar-refractivity contribution < 1.29 is 18.5 Å². The molecule has 0 aliphatic rings. The first-order valence-electron chi connectivity index (χ1n) is 3.93. The molecule has 0 atom stereocenters. The summed E-state index contributed by atoms with van der Waals surface area (Å²) in [6.07, 6.45) is 0.947. The van der Waals surface area contributed by atoms with Crippen LogP contribution in [0.1, 0.15) is 0 Å². The molecule has 88 valence electrons. The van der Waals surface area contributed by atoms with Crippen molar-refractivity contribution in [3.8, 4) is 0 Å². The van der Waals surface area contributed by atoms with E-state index in [-0.39, 0.29) is 0 Å². The van der Waals surface area contributed by atoms with Gasteiger partial charge in [0.15, 0.2) is 0 Å². The Morgan fingerprint density at radius 2 is 2.00 bits per heavy atom. The van der Waals surface area contributed by atoms with Gasteiger partial charge in [0.05, 0.1) is 4.92 Å². The molecule has 0 bridgehead atoms. The van der Waals surface area contributed by atoms with Crippen LogP contribution in [0.25, 0.3) is 0 Å². The summed E-state index contributed by atoms with van der Waals surface area (Å²) in [6.45, 7) is 0. The minimum absolute atomic E-state index is 0.399. The van der Waals surface area contributed by atoms with Crippen molar-refractivity contribution >= 4 is 24.5 Å². The third-order valence-corrected chi connectivity index (χ3v) is 3.56. The van der Waals surface area contributed by atoms with Crippen LogP contribution in [0.15, 0.2) is 6.33 Å². The van der Waals surface area contributed by atoms with Crippen molar-refractivity contribution in [3.63, 3.8) is 0 Å². The number of hydrogen-bond donors (Lipinski definition) is 1. The highest BCUT2D eigenvalue weighted by atomic mass is 31.2. The number of nitrogen functional groups attached to an aromatic ring is 1. The summed E-state index contributed by atoms with van der Waals surface area (Å²) in [5.41, 5.74) is 4.17. The third kappa shape index (κ3) is 2.01. The first-order valence-corrected chi connectivity index (χ1v) is 5.47. The predicted molar refractivity (Wildman–Crippen MR) is 54.4 cm³/mol. The number of nitrogens with zero attached hydrogens (tertiary/aromatic N) is 3. The maximum absolute atomic E-state index is 11.9. The van der Waals surface area contributed by atoms with E-state index in [0.29, 0.717) is 0 Å². The minimum Gasteiger partial charge on any atom is -0.378 e. The van der Waals surface area contributed by atoms with Gasteiger partial charge in [-0.05, 0) is 0 Å². The normalized spacial score (nSPS) is 11.4. The van der Waals surface area contributed by atoms with Crippen molar-refractivity contribution in [1.82, 2.24) is 9.97 Å². The van der Waals surface area contributed by atoms with Gasteiger partial charge in [-0.1, -0.05) is 0 Å². The van der Waals surface area contributed by atoms with Crippen molar-refractivity contribution in [2.45, 2.75) is 0 Å². The van der Waals surface area contributed by atoms with Gasteiger partial charge in [0, 0.05) is 14.2 Å². The fourth-order valence-corrected chi connectivity index (χ4v) is 2.15. The van der Waals surface area contributed by atoms with E-state index in [1.54, 1.807) is 0 Å². The topological polar surface area (TPSA) is 130 Å². The standard InChI is InChI=1S/C6H9N4O5P/c1-14-16(13,15-2)6-4(10(11)12)5(7)8-3-9-6/h3H,1-2H3,(H2,7,8,9). The van der Waals surface area contributed by atoms with Crippen LogP contribution in [0.4, 0.5) is 11.5 Å². The molecular weight excluding hydrogens is 239 g/mol. The molecule has 1 aromatic rings. The molecule has 0 aliphatic heterocycles. The molecule has 0 saturated heterocycles. The molecule has 1 heterocycles. The Morgan fingerprint density at radius 3 is 2.44 bits per heavy atom. The smallest absolute Gasteiger partial charge is 0.378 e. The maximum Gasteiger partial charge on any atom is 0.386 e. The van der Waals surface area contributed by atoms with E-state index >= 15 is 0 Å². The molecule has 0 aliphatic carbocycles. The highest BCUT2D eigenvalue weighted by Gasteiger charge is 2.37. The van der Waals surface area contributed by atoms with Crippen LogP contribution in [0.3, 0.4) is 0 Å². The molecule has 0 aromatic carbocycles. The Morgan fingerprint density at radius 1 is 1.44 bits per heavy atom. The van der Waals surface area contributed by atoms with E-state index in [0.717, 1.165) is 20.5 Å². The van der Waals surface area contributed by atoms with E-state index in [1.807, 2.05) is 0 Å². The molecule has 0 amide bonds. The van der Waals surface area contributed by atoms with Crippen molar-refractivity contribution in [1.29, 1.82) is 0 Å². The molecule has 9 nitrogen and oxygen atoms in total. The van der Waals surface area contributed by atoms with Gasteiger partial charge in [0.25, 0.3) is 0 Å². The van der Waals surface area contributed by atoms with Gasteiger partial charge in [-0.15, -0.1) is 0 Å². The molecule has 1 aromatic heterocycles. The summed E-state index contributed by atoms with van der Waals surface area (Å²) in [5.74, 6) is -0.399. The SMILES string of the molecule is COP(=O)(OC)c1ncnc(N)c1[N+](=O)[O-]. The van der Waals surface area contributed by atoms with Crippen molar-refractivity contribution in [2.75, 3.05) is 20.0 Å². The summed E-state index contributed by atoms with van der Waals surface area (Å²) < 4.78 is 21.1. The molecular formula is C6H9N4O5P. The van der Waals surface area contributed by atoms with Crippen LogP contribution in [0, 0.1) is 10.1 Å². The Balaban J connectivity index is 3.50. The van der Waals surface area contributed by atoms with Crippen LogP contribution in [-0.2, 0) is 13.6 Å².